The Labute approximate surface area is 156 Å². The van der Waals surface area contributed by atoms with E-state index in [4.69, 9.17) is 9.84 Å². The number of piperidine rings is 1. The lowest BCUT2D eigenvalue weighted by molar-refractivity contribution is -0.143. The zero-order valence-corrected chi connectivity index (χ0v) is 15.6. The monoisotopic (exact) mass is 396 g/mol. The minimum atomic E-state index is -4.04. The van der Waals surface area contributed by atoms with Crippen molar-refractivity contribution >= 4 is 27.8 Å². The molecule has 2 heterocycles. The number of methoxy groups -OCH3 is 1. The highest BCUT2D eigenvalue weighted by atomic mass is 32.2. The van der Waals surface area contributed by atoms with Crippen LogP contribution in [0.25, 0.3) is 0 Å². The Morgan fingerprint density at radius 2 is 2.07 bits per heavy atom. The van der Waals surface area contributed by atoms with Crippen LogP contribution in [0.4, 0.5) is 0 Å². The maximum atomic E-state index is 12.7. The number of hydrogen-bond acceptors (Lipinski definition) is 6. The fourth-order valence-electron chi connectivity index (χ4n) is 3.35. The molecule has 1 aromatic rings. The highest BCUT2D eigenvalue weighted by molar-refractivity contribution is 7.90. The Morgan fingerprint density at radius 1 is 1.33 bits per heavy atom. The standard InChI is InChI=1S/C17H20N2O7S/c1-26-8-7-19-16(21)13-5-4-11(9-14(13)27(19,24)25)15(20)18-6-2-3-12(10-18)17(22)23/h4-5,9,12H,2-3,6-8,10H2,1H3,(H,22,23). The Hall–Kier alpha value is -2.46. The number of carboxylic acids is 1. The van der Waals surface area contributed by atoms with Crippen molar-refractivity contribution in [2.75, 3.05) is 33.4 Å². The smallest absolute Gasteiger partial charge is 0.308 e. The van der Waals surface area contributed by atoms with Gasteiger partial charge in [-0.2, -0.15) is 0 Å². The van der Waals surface area contributed by atoms with Gasteiger partial charge in [0.2, 0.25) is 0 Å². The van der Waals surface area contributed by atoms with Gasteiger partial charge in [0.15, 0.2) is 0 Å². The van der Waals surface area contributed by atoms with E-state index in [1.165, 1.54) is 30.2 Å². The summed E-state index contributed by atoms with van der Waals surface area (Å²) in [6.07, 6.45) is 1.07. The molecule has 1 atom stereocenters. The summed E-state index contributed by atoms with van der Waals surface area (Å²) in [5.41, 5.74) is 0.134. The number of benzene rings is 1. The lowest BCUT2D eigenvalue weighted by Gasteiger charge is -2.30. The van der Waals surface area contributed by atoms with Crippen molar-refractivity contribution in [3.63, 3.8) is 0 Å². The number of carbonyl (C=O) groups excluding carboxylic acids is 2. The fraction of sp³-hybridized carbons (Fsp3) is 0.471. The molecule has 0 saturated carbocycles. The number of sulfonamides is 1. The minimum Gasteiger partial charge on any atom is -0.481 e. The maximum absolute atomic E-state index is 12.7. The second-order valence-corrected chi connectivity index (χ2v) is 8.35. The van der Waals surface area contributed by atoms with Crippen molar-refractivity contribution in [3.8, 4) is 0 Å². The minimum absolute atomic E-state index is 0.0182. The van der Waals surface area contributed by atoms with Gasteiger partial charge in [-0.3, -0.25) is 14.4 Å². The van der Waals surface area contributed by atoms with Crippen molar-refractivity contribution in [1.29, 1.82) is 0 Å². The molecular weight excluding hydrogens is 376 g/mol. The number of carboxylic acid groups (broad SMARTS) is 1. The summed E-state index contributed by atoms with van der Waals surface area (Å²) in [5.74, 6) is -2.68. The Morgan fingerprint density at radius 3 is 2.74 bits per heavy atom. The quantitative estimate of drug-likeness (QED) is 0.765. The number of fused-ring (bicyclic) bond motifs is 1. The Balaban J connectivity index is 1.88. The molecule has 9 nitrogen and oxygen atoms in total. The van der Waals surface area contributed by atoms with E-state index in [1.807, 2.05) is 0 Å². The molecular formula is C17H20N2O7S. The molecule has 0 aromatic heterocycles. The highest BCUT2D eigenvalue weighted by Gasteiger charge is 2.41. The molecule has 1 fully saturated rings. The van der Waals surface area contributed by atoms with Crippen LogP contribution in [0.5, 0.6) is 0 Å². The number of aliphatic carboxylic acids is 1. The van der Waals surface area contributed by atoms with Gasteiger partial charge < -0.3 is 14.7 Å². The largest absolute Gasteiger partial charge is 0.481 e. The molecule has 27 heavy (non-hydrogen) atoms. The summed E-state index contributed by atoms with van der Waals surface area (Å²) in [6, 6.07) is 3.93. The van der Waals surface area contributed by atoms with Gasteiger partial charge in [0.25, 0.3) is 21.8 Å². The number of amides is 2. The summed E-state index contributed by atoms with van der Waals surface area (Å²) in [5, 5.41) is 9.16. The van der Waals surface area contributed by atoms with Crippen molar-refractivity contribution in [2.24, 2.45) is 5.92 Å². The molecule has 3 rings (SSSR count). The summed E-state index contributed by atoms with van der Waals surface area (Å²) in [7, 11) is -2.64. The van der Waals surface area contributed by atoms with Gasteiger partial charge in [0.05, 0.1) is 24.6 Å². The maximum Gasteiger partial charge on any atom is 0.308 e. The van der Waals surface area contributed by atoms with E-state index in [0.29, 0.717) is 19.4 Å². The van der Waals surface area contributed by atoms with E-state index in [2.05, 4.69) is 0 Å². The Kier molecular flexibility index (Phi) is 5.20. The van der Waals surface area contributed by atoms with Crippen LogP contribution in [-0.2, 0) is 19.6 Å². The third kappa shape index (κ3) is 3.42. The van der Waals surface area contributed by atoms with Gasteiger partial charge >= 0.3 is 5.97 Å². The lowest BCUT2D eigenvalue weighted by Crippen LogP contribution is -2.42. The average Bonchev–Trinajstić information content (AvgIpc) is 2.85. The van der Waals surface area contributed by atoms with Crippen molar-refractivity contribution in [2.45, 2.75) is 17.7 Å². The Bertz CT molecular complexity index is 897. The fourth-order valence-corrected chi connectivity index (χ4v) is 4.93. The van der Waals surface area contributed by atoms with Gasteiger partial charge in [0.1, 0.15) is 4.90 Å². The van der Waals surface area contributed by atoms with Crippen LogP contribution in [-0.4, -0.2) is 73.9 Å². The van der Waals surface area contributed by atoms with Crippen LogP contribution >= 0.6 is 0 Å². The molecule has 1 saturated heterocycles. The van der Waals surface area contributed by atoms with E-state index in [1.54, 1.807) is 0 Å². The average molecular weight is 396 g/mol. The van der Waals surface area contributed by atoms with Crippen LogP contribution < -0.4 is 0 Å². The molecule has 0 spiro atoms. The first-order chi connectivity index (χ1) is 12.8. The number of ether oxygens (including phenoxy) is 1. The zero-order valence-electron chi connectivity index (χ0n) is 14.8. The predicted molar refractivity (Wildman–Crippen MR) is 92.8 cm³/mol. The van der Waals surface area contributed by atoms with Crippen molar-refractivity contribution in [3.05, 3.63) is 29.3 Å². The normalized spacial score (nSPS) is 21.2. The summed E-state index contributed by atoms with van der Waals surface area (Å²) in [6.45, 7) is 0.444. The predicted octanol–water partition coefficient (Wildman–Crippen LogP) is 0.414. The molecule has 0 radical (unpaired) electrons. The van der Waals surface area contributed by atoms with E-state index in [-0.39, 0.29) is 35.7 Å². The van der Waals surface area contributed by atoms with Gasteiger partial charge in [0, 0.05) is 25.8 Å². The number of carbonyl (C=O) groups is 3. The van der Waals surface area contributed by atoms with E-state index in [9.17, 15) is 22.8 Å². The molecule has 1 aromatic carbocycles. The molecule has 0 aliphatic carbocycles. The van der Waals surface area contributed by atoms with Crippen molar-refractivity contribution in [1.82, 2.24) is 9.21 Å². The third-order valence-electron chi connectivity index (χ3n) is 4.81. The second-order valence-electron chi connectivity index (χ2n) is 6.51. The number of rotatable bonds is 5. The second kappa shape index (κ2) is 7.28. The number of hydrogen-bond donors (Lipinski definition) is 1. The topological polar surface area (TPSA) is 121 Å². The molecule has 0 bridgehead atoms. The summed E-state index contributed by atoms with van der Waals surface area (Å²) >= 11 is 0. The number of likely N-dealkylation sites (tertiary alicyclic amines) is 1. The molecule has 2 amide bonds. The molecule has 10 heteroatoms. The van der Waals surface area contributed by atoms with Gasteiger partial charge in [-0.15, -0.1) is 0 Å². The van der Waals surface area contributed by atoms with Crippen LogP contribution in [0.1, 0.15) is 33.6 Å². The summed E-state index contributed by atoms with van der Waals surface area (Å²) in [4.78, 5) is 37.5. The van der Waals surface area contributed by atoms with Gasteiger partial charge in [-0.25, -0.2) is 12.7 Å². The first-order valence-corrected chi connectivity index (χ1v) is 9.93. The zero-order chi connectivity index (χ0) is 19.8. The van der Waals surface area contributed by atoms with Crippen LogP contribution in [0.2, 0.25) is 0 Å². The van der Waals surface area contributed by atoms with Crippen LogP contribution in [0, 0.1) is 5.92 Å². The van der Waals surface area contributed by atoms with Gasteiger partial charge in [-0.05, 0) is 31.0 Å². The van der Waals surface area contributed by atoms with Crippen LogP contribution in [0.3, 0.4) is 0 Å². The van der Waals surface area contributed by atoms with E-state index >= 15 is 0 Å². The van der Waals surface area contributed by atoms with E-state index < -0.39 is 33.7 Å². The molecule has 146 valence electrons. The first kappa shape index (κ1) is 19.3. The molecule has 1 unspecified atom stereocenters. The van der Waals surface area contributed by atoms with E-state index in [0.717, 1.165) is 4.31 Å². The highest BCUT2D eigenvalue weighted by Crippen LogP contribution is 2.31. The third-order valence-corrected chi connectivity index (χ3v) is 6.63. The molecule has 2 aliphatic rings. The van der Waals surface area contributed by atoms with Crippen molar-refractivity contribution < 1.29 is 32.6 Å². The first-order valence-electron chi connectivity index (χ1n) is 8.49. The van der Waals surface area contributed by atoms with Crippen LogP contribution in [0.15, 0.2) is 23.1 Å². The lowest BCUT2D eigenvalue weighted by atomic mass is 9.97. The summed E-state index contributed by atoms with van der Waals surface area (Å²) < 4.78 is 30.9. The van der Waals surface area contributed by atoms with Gasteiger partial charge in [-0.1, -0.05) is 0 Å². The number of nitrogens with zero attached hydrogens (tertiary/aromatic N) is 2. The SMILES string of the molecule is COCCN1C(=O)c2ccc(C(=O)N3CCCC(C(=O)O)C3)cc2S1(=O)=O. The molecule has 2 aliphatic heterocycles. The molecule has 1 N–H and O–H groups in total.